The molecular formula is C11H14ClNO2. The van der Waals surface area contributed by atoms with Crippen LogP contribution >= 0.6 is 11.6 Å². The van der Waals surface area contributed by atoms with Crippen LogP contribution in [0.4, 0.5) is 5.69 Å². The van der Waals surface area contributed by atoms with E-state index in [0.29, 0.717) is 16.3 Å². The highest BCUT2D eigenvalue weighted by Gasteiger charge is 2.19. The van der Waals surface area contributed by atoms with Crippen LogP contribution in [-0.2, 0) is 4.74 Å². The molecule has 1 aromatic rings. The van der Waals surface area contributed by atoms with Gasteiger partial charge in [0.2, 0.25) is 0 Å². The SMILES string of the molecule is CC(C)(C)OC(=O)c1ccc(N)cc1Cl. The minimum absolute atomic E-state index is 0.309. The van der Waals surface area contributed by atoms with Crippen LogP contribution in [0.25, 0.3) is 0 Å². The molecule has 0 saturated carbocycles. The van der Waals surface area contributed by atoms with Crippen molar-refractivity contribution in [2.75, 3.05) is 5.73 Å². The smallest absolute Gasteiger partial charge is 0.340 e. The Labute approximate surface area is 94.2 Å². The lowest BCUT2D eigenvalue weighted by Gasteiger charge is -2.19. The number of nitrogen functional groups attached to an aromatic ring is 1. The summed E-state index contributed by atoms with van der Waals surface area (Å²) in [5.41, 5.74) is 5.85. The van der Waals surface area contributed by atoms with E-state index in [1.165, 1.54) is 6.07 Å². The molecule has 0 saturated heterocycles. The van der Waals surface area contributed by atoms with Crippen molar-refractivity contribution in [2.24, 2.45) is 0 Å². The minimum atomic E-state index is -0.526. The number of nitrogens with two attached hydrogens (primary N) is 1. The molecule has 1 aromatic carbocycles. The molecule has 1 rings (SSSR count). The molecule has 3 nitrogen and oxygen atoms in total. The van der Waals surface area contributed by atoms with Crippen molar-refractivity contribution >= 4 is 23.3 Å². The fourth-order valence-corrected chi connectivity index (χ4v) is 1.30. The number of ether oxygens (including phenoxy) is 1. The highest BCUT2D eigenvalue weighted by molar-refractivity contribution is 6.33. The highest BCUT2D eigenvalue weighted by atomic mass is 35.5. The highest BCUT2D eigenvalue weighted by Crippen LogP contribution is 2.21. The zero-order valence-electron chi connectivity index (χ0n) is 9.00. The van der Waals surface area contributed by atoms with Gasteiger partial charge in [-0.2, -0.15) is 0 Å². The number of carbonyl (C=O) groups is 1. The van der Waals surface area contributed by atoms with Crippen LogP contribution in [0.3, 0.4) is 0 Å². The summed E-state index contributed by atoms with van der Waals surface area (Å²) in [5.74, 6) is -0.437. The van der Waals surface area contributed by atoms with Crippen molar-refractivity contribution in [3.8, 4) is 0 Å². The Morgan fingerprint density at radius 1 is 1.40 bits per heavy atom. The molecule has 0 atom stereocenters. The summed E-state index contributed by atoms with van der Waals surface area (Å²) in [4.78, 5) is 11.6. The number of benzene rings is 1. The molecule has 0 spiro atoms. The third-order valence-electron chi connectivity index (χ3n) is 1.61. The maximum atomic E-state index is 11.6. The van der Waals surface area contributed by atoms with E-state index < -0.39 is 11.6 Å². The van der Waals surface area contributed by atoms with E-state index in [-0.39, 0.29) is 0 Å². The van der Waals surface area contributed by atoms with Crippen molar-refractivity contribution in [1.82, 2.24) is 0 Å². The Morgan fingerprint density at radius 2 is 2.00 bits per heavy atom. The molecule has 2 N–H and O–H groups in total. The lowest BCUT2D eigenvalue weighted by Crippen LogP contribution is -2.24. The Bertz CT molecular complexity index is 383. The van der Waals surface area contributed by atoms with Crippen LogP contribution in [0.2, 0.25) is 5.02 Å². The van der Waals surface area contributed by atoms with Crippen molar-refractivity contribution < 1.29 is 9.53 Å². The lowest BCUT2D eigenvalue weighted by atomic mass is 10.1. The second kappa shape index (κ2) is 4.11. The molecule has 0 amide bonds. The first-order valence-corrected chi connectivity index (χ1v) is 4.96. The van der Waals surface area contributed by atoms with Crippen molar-refractivity contribution in [3.63, 3.8) is 0 Å². The van der Waals surface area contributed by atoms with Gasteiger partial charge in [-0.1, -0.05) is 11.6 Å². The third kappa shape index (κ3) is 3.44. The lowest BCUT2D eigenvalue weighted by molar-refractivity contribution is 0.00698. The van der Waals surface area contributed by atoms with Gasteiger partial charge in [0.1, 0.15) is 5.60 Å². The largest absolute Gasteiger partial charge is 0.456 e. The molecule has 82 valence electrons. The van der Waals surface area contributed by atoms with Crippen molar-refractivity contribution in [3.05, 3.63) is 28.8 Å². The van der Waals surface area contributed by atoms with Gasteiger partial charge in [-0.05, 0) is 39.0 Å². The standard InChI is InChI=1S/C11H14ClNO2/c1-11(2,3)15-10(14)8-5-4-7(13)6-9(8)12/h4-6H,13H2,1-3H3. The van der Waals surface area contributed by atoms with Crippen LogP contribution < -0.4 is 5.73 Å². The predicted molar refractivity (Wildman–Crippen MR) is 61.0 cm³/mol. The fourth-order valence-electron chi connectivity index (χ4n) is 1.03. The fraction of sp³-hybridized carbons (Fsp3) is 0.364. The molecule has 0 aliphatic heterocycles. The van der Waals surface area contributed by atoms with E-state index in [1.54, 1.807) is 32.9 Å². The van der Waals surface area contributed by atoms with Gasteiger partial charge in [0, 0.05) is 5.69 Å². The Kier molecular flexibility index (Phi) is 3.25. The molecule has 0 radical (unpaired) electrons. The van der Waals surface area contributed by atoms with Gasteiger partial charge in [-0.15, -0.1) is 0 Å². The molecule has 0 fully saturated rings. The van der Waals surface area contributed by atoms with Crippen LogP contribution in [-0.4, -0.2) is 11.6 Å². The second-order valence-corrected chi connectivity index (χ2v) is 4.65. The zero-order chi connectivity index (χ0) is 11.6. The molecule has 4 heteroatoms. The number of rotatable bonds is 1. The molecule has 0 unspecified atom stereocenters. The number of carbonyl (C=O) groups excluding carboxylic acids is 1. The van der Waals surface area contributed by atoms with Crippen LogP contribution in [0.5, 0.6) is 0 Å². The number of hydrogen-bond acceptors (Lipinski definition) is 3. The van der Waals surface area contributed by atoms with E-state index in [4.69, 9.17) is 22.1 Å². The van der Waals surface area contributed by atoms with Gasteiger partial charge < -0.3 is 10.5 Å². The Morgan fingerprint density at radius 3 is 2.47 bits per heavy atom. The van der Waals surface area contributed by atoms with Crippen LogP contribution in [0.15, 0.2) is 18.2 Å². The van der Waals surface area contributed by atoms with Gasteiger partial charge in [0.05, 0.1) is 10.6 Å². The first-order chi connectivity index (χ1) is 6.79. The number of anilines is 1. The van der Waals surface area contributed by atoms with E-state index in [2.05, 4.69) is 0 Å². The number of halogens is 1. The van der Waals surface area contributed by atoms with Crippen molar-refractivity contribution in [1.29, 1.82) is 0 Å². The Hall–Kier alpha value is -1.22. The maximum absolute atomic E-state index is 11.6. The van der Waals surface area contributed by atoms with E-state index in [1.807, 2.05) is 0 Å². The summed E-state index contributed by atoms with van der Waals surface area (Å²) in [6.07, 6.45) is 0. The van der Waals surface area contributed by atoms with Crippen molar-refractivity contribution in [2.45, 2.75) is 26.4 Å². The summed E-state index contributed by atoms with van der Waals surface area (Å²) in [7, 11) is 0. The minimum Gasteiger partial charge on any atom is -0.456 e. The summed E-state index contributed by atoms with van der Waals surface area (Å²) >= 11 is 5.87. The van der Waals surface area contributed by atoms with Gasteiger partial charge in [0.15, 0.2) is 0 Å². The monoisotopic (exact) mass is 227 g/mol. The first kappa shape index (κ1) is 11.9. The second-order valence-electron chi connectivity index (χ2n) is 4.24. The number of esters is 1. The molecular weight excluding hydrogens is 214 g/mol. The molecule has 15 heavy (non-hydrogen) atoms. The van der Waals surface area contributed by atoms with E-state index in [9.17, 15) is 4.79 Å². The molecule has 0 bridgehead atoms. The van der Waals surface area contributed by atoms with Crippen LogP contribution in [0.1, 0.15) is 31.1 Å². The van der Waals surface area contributed by atoms with Crippen LogP contribution in [0, 0.1) is 0 Å². The predicted octanol–water partition coefficient (Wildman–Crippen LogP) is 2.88. The van der Waals surface area contributed by atoms with E-state index in [0.717, 1.165) is 0 Å². The topological polar surface area (TPSA) is 52.3 Å². The molecule has 0 heterocycles. The molecule has 0 aliphatic carbocycles. The summed E-state index contributed by atoms with van der Waals surface area (Å²) in [6.45, 7) is 5.41. The van der Waals surface area contributed by atoms with Gasteiger partial charge >= 0.3 is 5.97 Å². The zero-order valence-corrected chi connectivity index (χ0v) is 9.76. The van der Waals surface area contributed by atoms with Gasteiger partial charge in [-0.25, -0.2) is 4.79 Å². The van der Waals surface area contributed by atoms with E-state index >= 15 is 0 Å². The average molecular weight is 228 g/mol. The van der Waals surface area contributed by atoms with Gasteiger partial charge in [0.25, 0.3) is 0 Å². The normalized spacial score (nSPS) is 11.2. The van der Waals surface area contributed by atoms with Gasteiger partial charge in [-0.3, -0.25) is 0 Å². The summed E-state index contributed by atoms with van der Waals surface area (Å²) in [5, 5.41) is 0.309. The Balaban J connectivity index is 2.92. The first-order valence-electron chi connectivity index (χ1n) is 4.58. The third-order valence-corrected chi connectivity index (χ3v) is 1.92. The molecule has 0 aliphatic rings. The summed E-state index contributed by atoms with van der Waals surface area (Å²) in [6, 6.07) is 4.71. The molecule has 0 aromatic heterocycles. The number of hydrogen-bond donors (Lipinski definition) is 1. The quantitative estimate of drug-likeness (QED) is 0.593. The average Bonchev–Trinajstić information content (AvgIpc) is 1.99. The maximum Gasteiger partial charge on any atom is 0.340 e. The summed E-state index contributed by atoms with van der Waals surface area (Å²) < 4.78 is 5.18.